The summed E-state index contributed by atoms with van der Waals surface area (Å²) in [5, 5.41) is 45.9. The van der Waals surface area contributed by atoms with E-state index in [0.717, 1.165) is 131 Å². The second kappa shape index (κ2) is 45.6. The minimum absolute atomic E-state index is 0.0183. The number of rotatable bonds is 29. The first kappa shape index (κ1) is 96.4. The van der Waals surface area contributed by atoms with Gasteiger partial charge in [0.05, 0.1) is 33.4 Å². The number of carbonyl (C=O) groups excluding carboxylic acids is 3. The van der Waals surface area contributed by atoms with Gasteiger partial charge in [0.1, 0.15) is 60.9 Å². The van der Waals surface area contributed by atoms with E-state index in [0.29, 0.717) is 115 Å². The molecule has 13 aromatic rings. The summed E-state index contributed by atoms with van der Waals surface area (Å²) in [6, 6.07) is 71.4. The molecule has 131 heavy (non-hydrogen) atoms. The lowest BCUT2D eigenvalue weighted by Crippen LogP contribution is -2.35. The molecule has 0 saturated heterocycles. The van der Waals surface area contributed by atoms with Gasteiger partial charge in [-0.05, 0) is 199 Å². The molecule has 3 aliphatic heterocycles. The number of hydrogen-bond acceptors (Lipinski definition) is 18. The number of hydrogen-bond donors (Lipinski definition) is 6. The molecule has 0 fully saturated rings. The third-order valence-electron chi connectivity index (χ3n) is 23.6. The van der Waals surface area contributed by atoms with Crippen molar-refractivity contribution in [2.75, 3.05) is 39.3 Å². The SMILES string of the molecule is CCNC(=O)c1noc(-c2cc(C(C)C)c(O)cc2O)c1-c1ccc2c(c1)CCN(C(C)C)C2.CCNC(=O)c1noc(-c2cc(C(C)C)c(OCc3ccccc3)cc2OCc2ccccc2)c1-c1ccc2c(c1)CCN(C(C)C)C2.CCNC(=O)c1noc(-c2cc(C(C)C)c(OCc3ccccc3)cc2OCc2ccccc2)c1-c1ccc2c(c1)CCNC2.ClB(Cl)Cl. The highest BCUT2D eigenvalue weighted by Gasteiger charge is 2.34. The summed E-state index contributed by atoms with van der Waals surface area (Å²) in [4.78, 5) is 43.8. The Bertz CT molecular complexity index is 6040. The minimum Gasteiger partial charge on any atom is -0.508 e. The molecule has 25 heteroatoms. The summed E-state index contributed by atoms with van der Waals surface area (Å²) >= 11 is 14.4. The molecule has 6 heterocycles. The summed E-state index contributed by atoms with van der Waals surface area (Å²) in [6.45, 7) is 35.5. The molecule has 10 aromatic carbocycles. The zero-order chi connectivity index (χ0) is 92.9. The Hall–Kier alpha value is -12.1. The average Bonchev–Trinajstić information content (AvgIpc) is 1.65. The van der Waals surface area contributed by atoms with E-state index in [4.69, 9.17) is 66.9 Å². The van der Waals surface area contributed by atoms with E-state index in [2.05, 4.69) is 187 Å². The van der Waals surface area contributed by atoms with Gasteiger partial charge in [0.15, 0.2) is 34.4 Å². The second-order valence-corrected chi connectivity index (χ2v) is 36.3. The monoisotopic (exact) mass is 1820 g/mol. The van der Waals surface area contributed by atoms with Gasteiger partial charge < -0.3 is 64.0 Å². The highest BCUT2D eigenvalue weighted by atomic mass is 35.6. The van der Waals surface area contributed by atoms with Crippen LogP contribution >= 0.6 is 34.4 Å². The molecule has 3 amide bonds. The maximum absolute atomic E-state index is 13.4. The summed E-state index contributed by atoms with van der Waals surface area (Å²) in [6.07, 6.45) is 2.77. The van der Waals surface area contributed by atoms with Crippen LogP contribution in [0, 0.1) is 0 Å². The maximum atomic E-state index is 13.4. The molecule has 0 bridgehead atoms. The summed E-state index contributed by atoms with van der Waals surface area (Å²) in [5.41, 5.74) is 21.5. The van der Waals surface area contributed by atoms with E-state index in [1.54, 1.807) is 6.07 Å². The molecular formula is C106H117BCl3N9O12. The van der Waals surface area contributed by atoms with E-state index < -0.39 is 4.96 Å². The molecule has 0 spiro atoms. The van der Waals surface area contributed by atoms with Crippen LogP contribution in [0.5, 0.6) is 34.5 Å². The number of nitrogens with one attached hydrogen (secondary N) is 4. The molecule has 21 nitrogen and oxygen atoms in total. The van der Waals surface area contributed by atoms with Crippen molar-refractivity contribution in [3.63, 3.8) is 0 Å². The number of amides is 3. The first-order valence-corrected chi connectivity index (χ1v) is 46.5. The van der Waals surface area contributed by atoms with Crippen LogP contribution in [0.3, 0.4) is 0 Å². The summed E-state index contributed by atoms with van der Waals surface area (Å²) in [7, 11) is 0. The van der Waals surface area contributed by atoms with Gasteiger partial charge in [-0.15, -0.1) is 0 Å². The van der Waals surface area contributed by atoms with E-state index in [1.165, 1.54) is 39.4 Å². The van der Waals surface area contributed by atoms with Gasteiger partial charge in [-0.2, -0.15) is 34.4 Å². The van der Waals surface area contributed by atoms with Crippen molar-refractivity contribution in [3.8, 4) is 102 Å². The fourth-order valence-corrected chi connectivity index (χ4v) is 16.5. The number of carbonyl (C=O) groups is 3. The number of aromatic hydroxyl groups is 2. The molecule has 682 valence electrons. The lowest BCUT2D eigenvalue weighted by atomic mass is 9.91. The van der Waals surface area contributed by atoms with E-state index in [9.17, 15) is 24.6 Å². The lowest BCUT2D eigenvalue weighted by Gasteiger charge is -2.32. The number of aromatic nitrogens is 3. The summed E-state index contributed by atoms with van der Waals surface area (Å²) in [5.74, 6) is 3.27. The lowest BCUT2D eigenvalue weighted by molar-refractivity contribution is 0.0939. The molecule has 0 atom stereocenters. The molecule has 0 radical (unpaired) electrons. The number of halogens is 3. The first-order chi connectivity index (χ1) is 63.3. The fourth-order valence-electron chi connectivity index (χ4n) is 16.5. The van der Waals surface area contributed by atoms with Crippen LogP contribution in [0.2, 0.25) is 0 Å². The first-order valence-electron chi connectivity index (χ1n) is 45.2. The van der Waals surface area contributed by atoms with Gasteiger partial charge in [-0.25, -0.2) is 0 Å². The van der Waals surface area contributed by atoms with Crippen LogP contribution in [0.15, 0.2) is 226 Å². The standard InChI is InChI=1S/C41H45N3O4.C38H39N3O4.C27H33N3O4.BCl3/c1-6-42-41(45)39-38(32-17-18-33-24-44(28(4)5)20-19-31(33)21-32)40(48-43-39)35-22-34(27(2)3)36(46-25-29-13-9-7-10-14-29)23-37(35)47-26-30-15-11-8-12-16-30;1-4-40-38(42)36-35(29-15-16-30-22-39-18-17-28(30)19-29)37(45-41-36)32-20-31(25(2)3)33(43-23-26-11-7-5-8-12-26)21-34(32)44-24-27-13-9-6-10-14-27;1-6-28-27(33)25-24(18-7-8-19-14-30(16(4)5)10-9-17(19)11-18)26(34-29-25)21-12-20(15(2)3)22(31)13-23(21)32;2-1(3)4/h7-18,21-23,27-28H,6,19-20,24-26H2,1-5H3,(H,42,45);5-16,19-21,25,39H,4,17-18,22-24H2,1-3H3,(H,40,42);7-8,11-13,15-16,31-32H,6,9-10,14H2,1-5H3,(H,28,33);. The number of phenolic OH excluding ortho intramolecular Hbond substituents is 2. The number of ether oxygens (including phenoxy) is 4. The highest BCUT2D eigenvalue weighted by molar-refractivity contribution is 7.54. The molecule has 6 N–H and O–H groups in total. The van der Waals surface area contributed by atoms with Gasteiger partial charge in [0.2, 0.25) is 0 Å². The maximum Gasteiger partial charge on any atom is 0.450 e. The van der Waals surface area contributed by atoms with Gasteiger partial charge in [-0.1, -0.05) is 233 Å². The third-order valence-corrected chi connectivity index (χ3v) is 23.6. The quantitative estimate of drug-likeness (QED) is 0.0238. The Kier molecular flexibility index (Phi) is 33.6. The van der Waals surface area contributed by atoms with Crippen molar-refractivity contribution in [3.05, 3.63) is 302 Å². The normalized spacial score (nSPS) is 12.9. The van der Waals surface area contributed by atoms with Crippen molar-refractivity contribution >= 4 is 57.1 Å². The van der Waals surface area contributed by atoms with E-state index in [-0.39, 0.29) is 64.1 Å². The van der Waals surface area contributed by atoms with Crippen LogP contribution in [-0.4, -0.2) is 110 Å². The Balaban J connectivity index is 0.000000166. The van der Waals surface area contributed by atoms with Crippen molar-refractivity contribution in [1.29, 1.82) is 0 Å². The second-order valence-electron chi connectivity index (χ2n) is 34.3. The van der Waals surface area contributed by atoms with Crippen molar-refractivity contribution in [2.24, 2.45) is 0 Å². The minimum atomic E-state index is -0.750. The third kappa shape index (κ3) is 24.2. The smallest absolute Gasteiger partial charge is 0.450 e. The largest absolute Gasteiger partial charge is 0.508 e. The predicted octanol–water partition coefficient (Wildman–Crippen LogP) is 23.2. The van der Waals surface area contributed by atoms with Crippen LogP contribution in [0.1, 0.15) is 212 Å². The van der Waals surface area contributed by atoms with Gasteiger partial charge in [0, 0.05) is 82.6 Å². The van der Waals surface area contributed by atoms with E-state index >= 15 is 0 Å². The topological polar surface area (TPSA) is 261 Å². The predicted molar refractivity (Wildman–Crippen MR) is 522 cm³/mol. The van der Waals surface area contributed by atoms with Crippen LogP contribution in [0.4, 0.5) is 0 Å². The molecule has 0 saturated carbocycles. The van der Waals surface area contributed by atoms with Crippen LogP contribution in [0.25, 0.3) is 67.4 Å². The Morgan fingerprint density at radius 1 is 0.397 bits per heavy atom. The number of benzene rings is 10. The number of fused-ring (bicyclic) bond motifs is 3. The molecule has 0 aliphatic carbocycles. The zero-order valence-electron chi connectivity index (χ0n) is 76.8. The number of phenols is 2. The van der Waals surface area contributed by atoms with Crippen LogP contribution in [-0.2, 0) is 65.3 Å². The molecule has 16 rings (SSSR count). The number of nitrogens with zero attached hydrogens (tertiary/aromatic N) is 5. The summed E-state index contributed by atoms with van der Waals surface area (Å²) < 4.78 is 43.9. The molecule has 3 aliphatic rings. The van der Waals surface area contributed by atoms with E-state index in [1.807, 2.05) is 150 Å². The van der Waals surface area contributed by atoms with Crippen molar-refractivity contribution in [1.82, 2.24) is 46.5 Å². The average molecular weight is 1830 g/mol. The molecule has 3 aromatic heterocycles. The zero-order valence-corrected chi connectivity index (χ0v) is 79.1. The fraction of sp³-hybridized carbons (Fsp3) is 0.321. The van der Waals surface area contributed by atoms with Gasteiger partial charge in [-0.3, -0.25) is 24.2 Å². The Morgan fingerprint density at radius 3 is 1.05 bits per heavy atom. The highest BCUT2D eigenvalue weighted by Crippen LogP contribution is 2.49. The molecular weight excluding hydrogens is 1710 g/mol. The van der Waals surface area contributed by atoms with Gasteiger partial charge >= 0.3 is 4.96 Å². The van der Waals surface area contributed by atoms with Gasteiger partial charge in [0.25, 0.3) is 17.7 Å². The Labute approximate surface area is 783 Å². The Morgan fingerprint density at radius 2 is 0.718 bits per heavy atom. The van der Waals surface area contributed by atoms with Crippen molar-refractivity contribution < 1.29 is 57.1 Å². The van der Waals surface area contributed by atoms with Crippen molar-refractivity contribution in [2.45, 2.75) is 185 Å². The molecule has 0 unspecified atom stereocenters. The van der Waals surface area contributed by atoms with Crippen LogP contribution < -0.4 is 40.2 Å².